The third kappa shape index (κ3) is 6.02. The van der Waals surface area contributed by atoms with Crippen molar-refractivity contribution in [2.75, 3.05) is 13.7 Å². The second kappa shape index (κ2) is 8.82. The number of ether oxygens (including phenoxy) is 1. The number of carbonyl (C=O) groups is 1. The summed E-state index contributed by atoms with van der Waals surface area (Å²) < 4.78 is 31.8. The number of methoxy groups -OCH3 is 1. The summed E-state index contributed by atoms with van der Waals surface area (Å²) in [7, 11) is -2.55. The van der Waals surface area contributed by atoms with Crippen molar-refractivity contribution in [2.24, 2.45) is 16.5 Å². The first kappa shape index (κ1) is 20.9. The Balaban J connectivity index is 2.73. The maximum atomic E-state index is 12.5. The SMILES string of the molecule is COC(=O)[C@@H](N)CCCN=C(N)NS(=O)(=O)c1c(C)cc(C)cc1C. The number of hydrogen-bond donors (Lipinski definition) is 3. The van der Waals surface area contributed by atoms with Gasteiger partial charge in [-0.3, -0.25) is 9.79 Å². The molecule has 0 heterocycles. The van der Waals surface area contributed by atoms with Gasteiger partial charge >= 0.3 is 5.97 Å². The molecule has 0 aromatic heterocycles. The molecule has 5 N–H and O–H groups in total. The topological polar surface area (TPSA) is 137 Å². The summed E-state index contributed by atoms with van der Waals surface area (Å²) in [6.07, 6.45) is 0.841. The summed E-state index contributed by atoms with van der Waals surface area (Å²) in [5.74, 6) is -0.700. The Kier molecular flexibility index (Phi) is 7.38. The van der Waals surface area contributed by atoms with Gasteiger partial charge in [-0.1, -0.05) is 17.7 Å². The Hall–Kier alpha value is -2.13. The fourth-order valence-corrected chi connectivity index (χ4v) is 4.00. The van der Waals surface area contributed by atoms with E-state index in [9.17, 15) is 13.2 Å². The van der Waals surface area contributed by atoms with Crippen LogP contribution in [0.2, 0.25) is 0 Å². The number of rotatable bonds is 7. The Bertz CT molecular complexity index is 736. The van der Waals surface area contributed by atoms with E-state index >= 15 is 0 Å². The van der Waals surface area contributed by atoms with Crippen LogP contribution in [0.5, 0.6) is 0 Å². The number of carbonyl (C=O) groups excluding carboxylic acids is 1. The van der Waals surface area contributed by atoms with Crippen LogP contribution in [0.15, 0.2) is 22.0 Å². The van der Waals surface area contributed by atoms with Gasteiger partial charge in [-0.05, 0) is 44.7 Å². The molecule has 25 heavy (non-hydrogen) atoms. The minimum atomic E-state index is -3.81. The van der Waals surface area contributed by atoms with Crippen LogP contribution >= 0.6 is 0 Å². The molecule has 140 valence electrons. The molecular formula is C16H26N4O4S. The first-order valence-corrected chi connectivity index (χ1v) is 9.30. The van der Waals surface area contributed by atoms with Gasteiger partial charge in [0.05, 0.1) is 12.0 Å². The van der Waals surface area contributed by atoms with E-state index in [1.807, 2.05) is 6.92 Å². The van der Waals surface area contributed by atoms with Crippen molar-refractivity contribution in [3.8, 4) is 0 Å². The van der Waals surface area contributed by atoms with Gasteiger partial charge in [0.15, 0.2) is 0 Å². The fraction of sp³-hybridized carbons (Fsp3) is 0.500. The molecule has 8 nitrogen and oxygen atoms in total. The molecule has 0 aliphatic rings. The highest BCUT2D eigenvalue weighted by molar-refractivity contribution is 7.90. The highest BCUT2D eigenvalue weighted by Gasteiger charge is 2.20. The molecule has 0 fully saturated rings. The van der Waals surface area contributed by atoms with E-state index in [0.717, 1.165) is 5.56 Å². The van der Waals surface area contributed by atoms with Gasteiger partial charge in [0.1, 0.15) is 6.04 Å². The normalized spacial score (nSPS) is 13.4. The van der Waals surface area contributed by atoms with Crippen LogP contribution < -0.4 is 16.2 Å². The van der Waals surface area contributed by atoms with Crippen LogP contribution in [-0.2, 0) is 19.6 Å². The Labute approximate surface area is 148 Å². The molecule has 1 aromatic rings. The lowest BCUT2D eigenvalue weighted by Gasteiger charge is -2.13. The second-order valence-corrected chi connectivity index (χ2v) is 7.49. The third-order valence-electron chi connectivity index (χ3n) is 3.57. The van der Waals surface area contributed by atoms with E-state index in [2.05, 4.69) is 14.5 Å². The van der Waals surface area contributed by atoms with Crippen molar-refractivity contribution in [2.45, 2.75) is 44.6 Å². The summed E-state index contributed by atoms with van der Waals surface area (Å²) in [6.45, 7) is 5.61. The Morgan fingerprint density at radius 1 is 1.28 bits per heavy atom. The molecule has 1 aromatic carbocycles. The average molecular weight is 370 g/mol. The number of nitrogens with two attached hydrogens (primary N) is 2. The number of nitrogens with zero attached hydrogens (tertiary/aromatic N) is 1. The van der Waals surface area contributed by atoms with E-state index < -0.39 is 22.0 Å². The van der Waals surface area contributed by atoms with Crippen LogP contribution in [0, 0.1) is 20.8 Å². The molecule has 1 rings (SSSR count). The largest absolute Gasteiger partial charge is 0.468 e. The molecule has 0 aliphatic heterocycles. The zero-order chi connectivity index (χ0) is 19.2. The Morgan fingerprint density at radius 2 is 1.84 bits per heavy atom. The summed E-state index contributed by atoms with van der Waals surface area (Å²) in [4.78, 5) is 15.3. The lowest BCUT2D eigenvalue weighted by Crippen LogP contribution is -2.37. The van der Waals surface area contributed by atoms with E-state index in [-0.39, 0.29) is 17.4 Å². The van der Waals surface area contributed by atoms with Crippen LogP contribution in [0.25, 0.3) is 0 Å². The van der Waals surface area contributed by atoms with Gasteiger partial charge in [-0.25, -0.2) is 13.1 Å². The lowest BCUT2D eigenvalue weighted by molar-refractivity contribution is -0.142. The smallest absolute Gasteiger partial charge is 0.322 e. The fourth-order valence-electron chi connectivity index (χ4n) is 2.59. The average Bonchev–Trinajstić information content (AvgIpc) is 2.48. The van der Waals surface area contributed by atoms with Crippen molar-refractivity contribution in [1.29, 1.82) is 0 Å². The molecular weight excluding hydrogens is 344 g/mol. The number of benzene rings is 1. The lowest BCUT2D eigenvalue weighted by atomic mass is 10.1. The molecule has 0 bridgehead atoms. The molecule has 0 unspecified atom stereocenters. The molecule has 0 saturated heterocycles. The number of hydrogen-bond acceptors (Lipinski definition) is 6. The van der Waals surface area contributed by atoms with E-state index in [1.165, 1.54) is 7.11 Å². The zero-order valence-corrected chi connectivity index (χ0v) is 15.8. The minimum Gasteiger partial charge on any atom is -0.468 e. The molecule has 1 atom stereocenters. The van der Waals surface area contributed by atoms with Crippen LogP contribution in [0.4, 0.5) is 0 Å². The van der Waals surface area contributed by atoms with Crippen molar-refractivity contribution in [3.63, 3.8) is 0 Å². The molecule has 0 spiro atoms. The van der Waals surface area contributed by atoms with Crippen molar-refractivity contribution in [1.82, 2.24) is 4.72 Å². The van der Waals surface area contributed by atoms with Crippen molar-refractivity contribution >= 4 is 22.0 Å². The molecule has 0 aliphatic carbocycles. The molecule has 0 saturated carbocycles. The van der Waals surface area contributed by atoms with Crippen molar-refractivity contribution < 1.29 is 17.9 Å². The zero-order valence-electron chi connectivity index (χ0n) is 15.0. The molecule has 9 heteroatoms. The Morgan fingerprint density at radius 3 is 2.36 bits per heavy atom. The first-order chi connectivity index (χ1) is 11.6. The van der Waals surface area contributed by atoms with Crippen LogP contribution in [0.3, 0.4) is 0 Å². The number of guanidine groups is 1. The monoisotopic (exact) mass is 370 g/mol. The van der Waals surface area contributed by atoms with Gasteiger partial charge in [-0.2, -0.15) is 0 Å². The highest BCUT2D eigenvalue weighted by atomic mass is 32.2. The van der Waals surface area contributed by atoms with Crippen molar-refractivity contribution in [3.05, 3.63) is 28.8 Å². The second-order valence-electron chi connectivity index (χ2n) is 5.87. The maximum Gasteiger partial charge on any atom is 0.322 e. The van der Waals surface area contributed by atoms with E-state index in [0.29, 0.717) is 24.0 Å². The summed E-state index contributed by atoms with van der Waals surface area (Å²) >= 11 is 0. The molecule has 0 radical (unpaired) electrons. The minimum absolute atomic E-state index is 0.198. The van der Waals surface area contributed by atoms with Gasteiger partial charge in [0.25, 0.3) is 10.0 Å². The number of nitrogens with one attached hydrogen (secondary N) is 1. The first-order valence-electron chi connectivity index (χ1n) is 7.82. The van der Waals surface area contributed by atoms with Gasteiger partial charge in [-0.15, -0.1) is 0 Å². The predicted molar refractivity (Wildman–Crippen MR) is 96.7 cm³/mol. The summed E-state index contributed by atoms with van der Waals surface area (Å²) in [5.41, 5.74) is 13.5. The number of esters is 1. The maximum absolute atomic E-state index is 12.5. The summed E-state index contributed by atoms with van der Waals surface area (Å²) in [5, 5.41) is 0. The molecule has 0 amide bonds. The quantitative estimate of drug-likeness (QED) is 0.276. The van der Waals surface area contributed by atoms with Crippen LogP contribution in [-0.4, -0.2) is 40.0 Å². The highest BCUT2D eigenvalue weighted by Crippen LogP contribution is 2.21. The standard InChI is InChI=1S/C16H26N4O4S/c1-10-8-11(2)14(12(3)9-10)25(22,23)20-16(18)19-7-5-6-13(17)15(21)24-4/h8-9,13H,5-7,17H2,1-4H3,(H3,18,19,20)/t13-/m0/s1. The van der Waals surface area contributed by atoms with Gasteiger partial charge < -0.3 is 16.2 Å². The van der Waals surface area contributed by atoms with E-state index in [1.54, 1.807) is 26.0 Å². The van der Waals surface area contributed by atoms with E-state index in [4.69, 9.17) is 11.5 Å². The number of aryl methyl sites for hydroxylation is 3. The number of sulfonamides is 1. The predicted octanol–water partition coefficient (Wildman–Crippen LogP) is 0.485. The summed E-state index contributed by atoms with van der Waals surface area (Å²) in [6, 6.07) is 2.86. The number of aliphatic imine (C=N–C) groups is 1. The van der Waals surface area contributed by atoms with Gasteiger partial charge in [0.2, 0.25) is 5.96 Å². The van der Waals surface area contributed by atoms with Gasteiger partial charge in [0, 0.05) is 6.54 Å². The third-order valence-corrected chi connectivity index (χ3v) is 5.23. The van der Waals surface area contributed by atoms with Crippen LogP contribution in [0.1, 0.15) is 29.5 Å².